The molecule has 12 nitrogen and oxygen atoms in total. The lowest BCUT2D eigenvalue weighted by molar-refractivity contribution is -0.200. The highest BCUT2D eigenvalue weighted by atomic mass is 32.1. The number of nitrogen functional groups attached to an aromatic ring is 1. The van der Waals surface area contributed by atoms with Gasteiger partial charge in [0.25, 0.3) is 5.91 Å². The molecule has 0 unspecified atom stereocenters. The number of carbonyl (C=O) groups is 2. The summed E-state index contributed by atoms with van der Waals surface area (Å²) in [6, 6.07) is 14.7. The summed E-state index contributed by atoms with van der Waals surface area (Å²) in [4.78, 5) is 47.8. The minimum atomic E-state index is -5.54. The van der Waals surface area contributed by atoms with Crippen molar-refractivity contribution in [2.45, 2.75) is 6.18 Å². The van der Waals surface area contributed by atoms with Gasteiger partial charge in [-0.1, -0.05) is 29.5 Å². The minimum Gasteiger partial charge on any atom is -0.495 e. The molecule has 2 aromatic heterocycles. The molecule has 0 bridgehead atoms. The van der Waals surface area contributed by atoms with Gasteiger partial charge in [0.2, 0.25) is 5.95 Å². The highest BCUT2D eigenvalue weighted by molar-refractivity contribution is 7.19. The smallest absolute Gasteiger partial charge is 0.493 e. The van der Waals surface area contributed by atoms with Gasteiger partial charge in [-0.05, 0) is 55.6 Å². The van der Waals surface area contributed by atoms with Crippen LogP contribution in [0.25, 0.3) is 21.8 Å². The molecule has 0 atom stereocenters. The van der Waals surface area contributed by atoms with E-state index in [1.54, 1.807) is 13.2 Å². The van der Waals surface area contributed by atoms with Crippen molar-refractivity contribution in [2.75, 3.05) is 61.4 Å². The molecule has 1 aliphatic rings. The van der Waals surface area contributed by atoms with Gasteiger partial charge in [-0.3, -0.25) is 4.79 Å². The summed E-state index contributed by atoms with van der Waals surface area (Å²) in [5, 5.41) is 3.17. The van der Waals surface area contributed by atoms with Gasteiger partial charge in [0.05, 0.1) is 34.7 Å². The lowest BCUT2D eigenvalue weighted by Crippen LogP contribution is -2.44. The van der Waals surface area contributed by atoms with Gasteiger partial charge in [-0.25, -0.2) is 28.5 Å². The van der Waals surface area contributed by atoms with Crippen LogP contribution in [0.4, 0.5) is 50.1 Å². The van der Waals surface area contributed by atoms with E-state index < -0.39 is 40.9 Å². The van der Waals surface area contributed by atoms with Crippen molar-refractivity contribution < 1.29 is 41.1 Å². The maximum absolute atomic E-state index is 14.6. The summed E-state index contributed by atoms with van der Waals surface area (Å²) < 4.78 is 74.5. The van der Waals surface area contributed by atoms with E-state index in [9.17, 15) is 31.5 Å². The zero-order valence-electron chi connectivity index (χ0n) is 27.4. The number of methoxy groups -OCH3 is 1. The number of anilines is 5. The normalized spacial score (nSPS) is 13.5. The molecule has 5 aromatic rings. The summed E-state index contributed by atoms with van der Waals surface area (Å²) in [7, 11) is 3.67. The Balaban J connectivity index is 1.33. The number of ether oxygens (including phenoxy) is 1. The number of nitrogens with zero attached hydrogens (tertiary/aromatic N) is 6. The second-order valence-corrected chi connectivity index (χ2v) is 12.5. The average Bonchev–Trinajstić information content (AvgIpc) is 3.52. The summed E-state index contributed by atoms with van der Waals surface area (Å²) in [6.45, 7) is 3.42. The van der Waals surface area contributed by atoms with Crippen LogP contribution in [0.1, 0.15) is 10.4 Å². The number of thiazole rings is 1. The summed E-state index contributed by atoms with van der Waals surface area (Å²) in [5.74, 6) is -6.34. The second-order valence-electron chi connectivity index (χ2n) is 11.4. The molecular weight excluding hydrogens is 711 g/mol. The van der Waals surface area contributed by atoms with Crippen LogP contribution in [0, 0.1) is 11.6 Å². The number of hydroxylamine groups is 1. The summed E-state index contributed by atoms with van der Waals surface area (Å²) >= 11 is 1.05. The predicted octanol–water partition coefficient (Wildman–Crippen LogP) is 6.30. The van der Waals surface area contributed by atoms with Gasteiger partial charge >= 0.3 is 12.1 Å². The second kappa shape index (κ2) is 14.8. The molecule has 3 aromatic carbocycles. The fourth-order valence-corrected chi connectivity index (χ4v) is 6.20. The molecule has 0 radical (unpaired) electrons. The molecule has 1 amide bonds. The van der Waals surface area contributed by atoms with E-state index in [0.29, 0.717) is 22.0 Å². The first kappa shape index (κ1) is 35.9. The Bertz CT molecular complexity index is 2100. The predicted molar refractivity (Wildman–Crippen MR) is 184 cm³/mol. The number of aromatic nitrogens is 3. The zero-order valence-corrected chi connectivity index (χ0v) is 28.3. The topological polar surface area (TPSA) is 139 Å². The van der Waals surface area contributed by atoms with Crippen molar-refractivity contribution in [3.63, 3.8) is 0 Å². The third-order valence-corrected chi connectivity index (χ3v) is 8.84. The molecule has 18 heteroatoms. The Morgan fingerprint density at radius 2 is 1.67 bits per heavy atom. The minimum absolute atomic E-state index is 0.0976. The number of benzene rings is 3. The Kier molecular flexibility index (Phi) is 10.2. The molecule has 0 saturated carbocycles. The molecule has 1 fully saturated rings. The number of likely N-dealkylation sites (N-methyl/N-ethyl adjacent to an activating group) is 1. The standard InChI is InChI=1S/C34H29F5N8O4S/c1-45-13-15-46(16-14-45)25-18-20(9-10-26(25)50-2)42-33-41-12-11-24(43-33)29-28(44-32(40)52-29)19-5-3-6-21(17-19)47(51-31(49)34(37,38)39)30(48)27-22(35)7-4-8-23(27)36/h3-12,17-18H,13-16H2,1-2H3,(H2,40,44)(H,41,42,43). The average molecular weight is 741 g/mol. The van der Waals surface area contributed by atoms with E-state index in [-0.39, 0.29) is 27.4 Å². The van der Waals surface area contributed by atoms with Crippen molar-refractivity contribution in [1.29, 1.82) is 0 Å². The van der Waals surface area contributed by atoms with Crippen LogP contribution in [0.5, 0.6) is 5.75 Å². The van der Waals surface area contributed by atoms with E-state index in [2.05, 4.69) is 42.0 Å². The number of alkyl halides is 3. The third kappa shape index (κ3) is 7.71. The van der Waals surface area contributed by atoms with E-state index in [0.717, 1.165) is 73.5 Å². The van der Waals surface area contributed by atoms with Crippen LogP contribution in [-0.2, 0) is 9.63 Å². The van der Waals surface area contributed by atoms with Crippen LogP contribution >= 0.6 is 11.3 Å². The number of hydrogen-bond acceptors (Lipinski definition) is 12. The number of piperazine rings is 1. The lowest BCUT2D eigenvalue weighted by atomic mass is 10.1. The van der Waals surface area contributed by atoms with E-state index in [1.807, 2.05) is 18.2 Å². The number of carbonyl (C=O) groups excluding carboxylic acids is 2. The summed E-state index contributed by atoms with van der Waals surface area (Å²) in [5.41, 5.74) is 6.73. The molecule has 0 aliphatic carbocycles. The molecule has 52 heavy (non-hydrogen) atoms. The molecule has 3 heterocycles. The fraction of sp³-hybridized carbons (Fsp3) is 0.206. The van der Waals surface area contributed by atoms with Gasteiger partial charge in [-0.15, -0.1) is 5.06 Å². The molecule has 0 spiro atoms. The first-order valence-electron chi connectivity index (χ1n) is 15.5. The highest BCUT2D eigenvalue weighted by Crippen LogP contribution is 2.39. The maximum atomic E-state index is 14.6. The zero-order chi connectivity index (χ0) is 37.2. The van der Waals surface area contributed by atoms with Crippen molar-refractivity contribution in [3.05, 3.63) is 90.1 Å². The van der Waals surface area contributed by atoms with Crippen molar-refractivity contribution >= 4 is 51.4 Å². The largest absolute Gasteiger partial charge is 0.495 e. The number of rotatable bonds is 8. The number of nitrogens with one attached hydrogen (secondary N) is 1. The highest BCUT2D eigenvalue weighted by Gasteiger charge is 2.44. The van der Waals surface area contributed by atoms with E-state index in [1.165, 1.54) is 18.3 Å². The van der Waals surface area contributed by atoms with E-state index >= 15 is 0 Å². The third-order valence-electron chi connectivity index (χ3n) is 7.93. The first-order valence-corrected chi connectivity index (χ1v) is 16.3. The molecular formula is C34H29F5N8O4S. The van der Waals surface area contributed by atoms with Gasteiger partial charge in [0.15, 0.2) is 5.13 Å². The lowest BCUT2D eigenvalue weighted by Gasteiger charge is -2.34. The number of halogens is 5. The molecule has 270 valence electrons. The molecule has 1 aliphatic heterocycles. The summed E-state index contributed by atoms with van der Waals surface area (Å²) in [6.07, 6.45) is -4.04. The quantitative estimate of drug-likeness (QED) is 0.137. The van der Waals surface area contributed by atoms with Crippen LogP contribution < -0.4 is 25.8 Å². The van der Waals surface area contributed by atoms with Gasteiger partial charge in [-0.2, -0.15) is 13.2 Å². The number of nitrogens with two attached hydrogens (primary N) is 1. The monoisotopic (exact) mass is 740 g/mol. The maximum Gasteiger partial charge on any atom is 0.493 e. The molecule has 1 saturated heterocycles. The van der Waals surface area contributed by atoms with Crippen LogP contribution in [0.2, 0.25) is 0 Å². The molecule has 3 N–H and O–H groups in total. The number of hydrogen-bond donors (Lipinski definition) is 2. The van der Waals surface area contributed by atoms with Gasteiger partial charge in [0, 0.05) is 43.6 Å². The Morgan fingerprint density at radius 1 is 0.962 bits per heavy atom. The fourth-order valence-electron chi connectivity index (χ4n) is 5.37. The Labute approximate surface area is 297 Å². The van der Waals surface area contributed by atoms with Crippen molar-refractivity contribution in [1.82, 2.24) is 19.9 Å². The Morgan fingerprint density at radius 3 is 2.37 bits per heavy atom. The Hall–Kier alpha value is -5.88. The van der Waals surface area contributed by atoms with E-state index in [4.69, 9.17) is 10.5 Å². The van der Waals surface area contributed by atoms with Crippen molar-refractivity contribution in [3.8, 4) is 27.6 Å². The van der Waals surface area contributed by atoms with Crippen molar-refractivity contribution in [2.24, 2.45) is 0 Å². The number of amides is 1. The molecule has 6 rings (SSSR count). The first-order chi connectivity index (χ1) is 24.8. The van der Waals surface area contributed by atoms with Gasteiger partial charge in [0.1, 0.15) is 22.9 Å². The van der Waals surface area contributed by atoms with Crippen LogP contribution in [0.15, 0.2) is 72.9 Å². The van der Waals surface area contributed by atoms with Crippen LogP contribution in [0.3, 0.4) is 0 Å². The van der Waals surface area contributed by atoms with Crippen LogP contribution in [-0.4, -0.2) is 78.2 Å². The SMILES string of the molecule is COc1ccc(Nc2nccc(-c3sc(N)nc3-c3cccc(N(OC(=O)C(F)(F)F)C(=O)c4c(F)cccc4F)c3)n2)cc1N1CCN(C)CC1. The van der Waals surface area contributed by atoms with Gasteiger partial charge < -0.3 is 30.4 Å².